The highest BCUT2D eigenvalue weighted by molar-refractivity contribution is 6.33. The molecule has 27 heavy (non-hydrogen) atoms. The van der Waals surface area contributed by atoms with Gasteiger partial charge in [-0.3, -0.25) is 9.36 Å². The van der Waals surface area contributed by atoms with Crippen LogP contribution in [0.1, 0.15) is 16.2 Å². The van der Waals surface area contributed by atoms with Crippen molar-refractivity contribution in [2.45, 2.75) is 6.92 Å². The Morgan fingerprint density at radius 2 is 1.70 bits per heavy atom. The molecule has 0 spiro atoms. The van der Waals surface area contributed by atoms with Gasteiger partial charge in [0, 0.05) is 38.6 Å². The predicted molar refractivity (Wildman–Crippen MR) is 103 cm³/mol. The molecule has 0 radical (unpaired) electrons. The lowest BCUT2D eigenvalue weighted by atomic mass is 10.2. The van der Waals surface area contributed by atoms with Gasteiger partial charge in [-0.15, -0.1) is 10.2 Å². The van der Waals surface area contributed by atoms with E-state index < -0.39 is 0 Å². The van der Waals surface area contributed by atoms with E-state index in [2.05, 4.69) is 20.1 Å². The van der Waals surface area contributed by atoms with Crippen LogP contribution in [0.3, 0.4) is 0 Å². The van der Waals surface area contributed by atoms with Gasteiger partial charge in [0.15, 0.2) is 11.6 Å². The molecule has 3 heterocycles. The van der Waals surface area contributed by atoms with E-state index in [1.807, 2.05) is 46.9 Å². The fraction of sp³-hybridized carbons (Fsp3) is 0.263. The van der Waals surface area contributed by atoms with Gasteiger partial charge < -0.3 is 9.80 Å². The monoisotopic (exact) mass is 382 g/mol. The number of aryl methyl sites for hydroxylation is 1. The van der Waals surface area contributed by atoms with Crippen molar-refractivity contribution in [3.63, 3.8) is 0 Å². The lowest BCUT2D eigenvalue weighted by molar-refractivity contribution is 0.0746. The third kappa shape index (κ3) is 3.50. The van der Waals surface area contributed by atoms with Crippen LogP contribution >= 0.6 is 11.6 Å². The van der Waals surface area contributed by atoms with Crippen LogP contribution in [-0.2, 0) is 0 Å². The Kier molecular flexibility index (Phi) is 4.77. The zero-order chi connectivity index (χ0) is 18.8. The maximum absolute atomic E-state index is 12.7. The first-order chi connectivity index (χ1) is 13.1. The molecule has 0 unspecified atom stereocenters. The first-order valence-electron chi connectivity index (χ1n) is 8.76. The first-order valence-corrected chi connectivity index (χ1v) is 9.14. The summed E-state index contributed by atoms with van der Waals surface area (Å²) in [6, 6.07) is 11.0. The largest absolute Gasteiger partial charge is 0.352 e. The molecule has 0 N–H and O–H groups in total. The predicted octanol–water partition coefficient (Wildman–Crippen LogP) is 2.59. The van der Waals surface area contributed by atoms with Gasteiger partial charge in [0.2, 0.25) is 0 Å². The molecule has 138 valence electrons. The number of hydrogen-bond acceptors (Lipinski definition) is 5. The number of amides is 1. The zero-order valence-corrected chi connectivity index (χ0v) is 15.7. The van der Waals surface area contributed by atoms with Gasteiger partial charge in [-0.25, -0.2) is 4.98 Å². The Hall–Kier alpha value is -2.93. The van der Waals surface area contributed by atoms with E-state index in [0.29, 0.717) is 36.8 Å². The Bertz CT molecular complexity index is 947. The summed E-state index contributed by atoms with van der Waals surface area (Å²) in [5.41, 5.74) is 0.549. The standard InChI is InChI=1S/C19H19ClN6O/c1-14-21-8-9-26(14)18-7-6-17(22-23-18)24-10-12-25(13-11-24)19(27)15-4-2-3-5-16(15)20/h2-9H,10-13H2,1H3. The summed E-state index contributed by atoms with van der Waals surface area (Å²) in [7, 11) is 0. The van der Waals surface area contributed by atoms with E-state index in [1.54, 1.807) is 18.3 Å². The number of carbonyl (C=O) groups is 1. The molecule has 4 rings (SSSR count). The van der Waals surface area contributed by atoms with Gasteiger partial charge in [-0.2, -0.15) is 0 Å². The molecule has 7 nitrogen and oxygen atoms in total. The summed E-state index contributed by atoms with van der Waals surface area (Å²) in [6.07, 6.45) is 3.60. The Morgan fingerprint density at radius 1 is 1.00 bits per heavy atom. The number of benzene rings is 1. The topological polar surface area (TPSA) is 67.2 Å². The van der Waals surface area contributed by atoms with E-state index in [1.165, 1.54) is 0 Å². The Labute approximate surface area is 162 Å². The van der Waals surface area contributed by atoms with Crippen molar-refractivity contribution in [1.29, 1.82) is 0 Å². The highest BCUT2D eigenvalue weighted by atomic mass is 35.5. The minimum absolute atomic E-state index is 0.0303. The summed E-state index contributed by atoms with van der Waals surface area (Å²) in [5.74, 6) is 2.38. The third-order valence-corrected chi connectivity index (χ3v) is 5.03. The number of piperazine rings is 1. The normalized spacial score (nSPS) is 14.4. The number of nitrogens with zero attached hydrogens (tertiary/aromatic N) is 6. The van der Waals surface area contributed by atoms with E-state index in [-0.39, 0.29) is 5.91 Å². The number of rotatable bonds is 3. The zero-order valence-electron chi connectivity index (χ0n) is 14.9. The molecule has 1 aliphatic rings. The molecule has 8 heteroatoms. The lowest BCUT2D eigenvalue weighted by Crippen LogP contribution is -2.49. The summed E-state index contributed by atoms with van der Waals surface area (Å²) in [6.45, 7) is 4.57. The van der Waals surface area contributed by atoms with Crippen molar-refractivity contribution in [2.75, 3.05) is 31.1 Å². The van der Waals surface area contributed by atoms with Gasteiger partial charge in [0.05, 0.1) is 10.6 Å². The second kappa shape index (κ2) is 7.36. The van der Waals surface area contributed by atoms with Crippen LogP contribution < -0.4 is 4.90 Å². The Morgan fingerprint density at radius 3 is 2.33 bits per heavy atom. The van der Waals surface area contributed by atoms with E-state index in [9.17, 15) is 4.79 Å². The van der Waals surface area contributed by atoms with Crippen LogP contribution in [0.2, 0.25) is 5.02 Å². The average Bonchev–Trinajstić information content (AvgIpc) is 3.14. The molecular weight excluding hydrogens is 364 g/mol. The van der Waals surface area contributed by atoms with Gasteiger partial charge >= 0.3 is 0 Å². The summed E-state index contributed by atoms with van der Waals surface area (Å²) >= 11 is 6.15. The van der Waals surface area contributed by atoms with Crippen LogP contribution in [0.15, 0.2) is 48.8 Å². The highest BCUT2D eigenvalue weighted by Gasteiger charge is 2.24. The van der Waals surface area contributed by atoms with Crippen molar-refractivity contribution in [2.24, 2.45) is 0 Å². The molecular formula is C19H19ClN6O. The summed E-state index contributed by atoms with van der Waals surface area (Å²) < 4.78 is 1.89. The Balaban J connectivity index is 1.41. The van der Waals surface area contributed by atoms with Crippen molar-refractivity contribution >= 4 is 23.3 Å². The van der Waals surface area contributed by atoms with E-state index in [0.717, 1.165) is 17.5 Å². The number of aromatic nitrogens is 4. The van der Waals surface area contributed by atoms with Crippen LogP contribution in [0.4, 0.5) is 5.82 Å². The molecule has 0 bridgehead atoms. The molecule has 1 saturated heterocycles. The fourth-order valence-corrected chi connectivity index (χ4v) is 3.40. The molecule has 0 aliphatic carbocycles. The maximum atomic E-state index is 12.7. The maximum Gasteiger partial charge on any atom is 0.255 e. The molecule has 1 aromatic carbocycles. The third-order valence-electron chi connectivity index (χ3n) is 4.70. The summed E-state index contributed by atoms with van der Waals surface area (Å²) in [4.78, 5) is 20.8. The van der Waals surface area contributed by atoms with E-state index in [4.69, 9.17) is 11.6 Å². The smallest absolute Gasteiger partial charge is 0.255 e. The number of imidazole rings is 1. The minimum atomic E-state index is -0.0303. The second-order valence-electron chi connectivity index (χ2n) is 6.35. The second-order valence-corrected chi connectivity index (χ2v) is 6.76. The number of carbonyl (C=O) groups excluding carboxylic acids is 1. The van der Waals surface area contributed by atoms with Crippen LogP contribution in [0.25, 0.3) is 5.82 Å². The number of hydrogen-bond donors (Lipinski definition) is 0. The number of anilines is 1. The van der Waals surface area contributed by atoms with Crippen molar-refractivity contribution < 1.29 is 4.79 Å². The SMILES string of the molecule is Cc1nccn1-c1ccc(N2CCN(C(=O)c3ccccc3Cl)CC2)nn1. The first kappa shape index (κ1) is 17.5. The van der Waals surface area contributed by atoms with Crippen LogP contribution in [0, 0.1) is 6.92 Å². The molecule has 3 aromatic rings. The van der Waals surface area contributed by atoms with Gasteiger partial charge in [-0.05, 0) is 31.2 Å². The van der Waals surface area contributed by atoms with Crippen molar-refractivity contribution in [3.8, 4) is 5.82 Å². The molecule has 1 fully saturated rings. The number of halogens is 1. The van der Waals surface area contributed by atoms with Crippen molar-refractivity contribution in [1.82, 2.24) is 24.6 Å². The molecule has 0 saturated carbocycles. The quantitative estimate of drug-likeness (QED) is 0.696. The van der Waals surface area contributed by atoms with Crippen LogP contribution in [0.5, 0.6) is 0 Å². The van der Waals surface area contributed by atoms with Crippen molar-refractivity contribution in [3.05, 3.63) is 65.2 Å². The highest BCUT2D eigenvalue weighted by Crippen LogP contribution is 2.20. The minimum Gasteiger partial charge on any atom is -0.352 e. The van der Waals surface area contributed by atoms with Gasteiger partial charge in [0.1, 0.15) is 5.82 Å². The van der Waals surface area contributed by atoms with E-state index >= 15 is 0 Å². The average molecular weight is 383 g/mol. The van der Waals surface area contributed by atoms with Gasteiger partial charge in [-0.1, -0.05) is 23.7 Å². The molecule has 2 aromatic heterocycles. The van der Waals surface area contributed by atoms with Crippen LogP contribution in [-0.4, -0.2) is 56.7 Å². The fourth-order valence-electron chi connectivity index (χ4n) is 3.18. The summed E-state index contributed by atoms with van der Waals surface area (Å²) in [5, 5.41) is 9.14. The lowest BCUT2D eigenvalue weighted by Gasteiger charge is -2.35. The molecule has 1 amide bonds. The molecule has 1 aliphatic heterocycles. The van der Waals surface area contributed by atoms with Gasteiger partial charge in [0.25, 0.3) is 5.91 Å². The molecule has 0 atom stereocenters.